The maximum absolute atomic E-state index is 6.40. The predicted octanol–water partition coefficient (Wildman–Crippen LogP) is 3.97. The van der Waals surface area contributed by atoms with Crippen LogP contribution in [0.3, 0.4) is 0 Å². The van der Waals surface area contributed by atoms with Crippen molar-refractivity contribution in [1.82, 2.24) is 15.1 Å². The molecule has 3 nitrogen and oxygen atoms in total. The number of halogens is 2. The van der Waals surface area contributed by atoms with Crippen molar-refractivity contribution in [3.63, 3.8) is 0 Å². The molecule has 0 amide bonds. The van der Waals surface area contributed by atoms with Crippen molar-refractivity contribution >= 4 is 34.2 Å². The van der Waals surface area contributed by atoms with Gasteiger partial charge in [0.25, 0.3) is 0 Å². The van der Waals surface area contributed by atoms with E-state index in [9.17, 15) is 0 Å². The van der Waals surface area contributed by atoms with E-state index >= 15 is 0 Å². The van der Waals surface area contributed by atoms with Crippen LogP contribution in [0.1, 0.15) is 29.9 Å². The van der Waals surface area contributed by atoms with Crippen molar-refractivity contribution in [2.45, 2.75) is 32.9 Å². The average molecular weight is 404 g/mol. The van der Waals surface area contributed by atoms with Gasteiger partial charge in [-0.3, -0.25) is 4.68 Å². The molecule has 0 spiro atoms. The Bertz CT molecular complexity index is 595. The number of rotatable bonds is 5. The Morgan fingerprint density at radius 3 is 2.80 bits per heavy atom. The van der Waals surface area contributed by atoms with Gasteiger partial charge in [-0.2, -0.15) is 5.10 Å². The number of benzene rings is 1. The standard InChI is InChI=1S/C15H19ClIN3/c1-4-20-14(15(16)10(2)19-20)9-13(18-3)11-6-5-7-12(17)8-11/h5-8,13,18H,4,9H2,1-3H3. The van der Waals surface area contributed by atoms with Crippen LogP contribution >= 0.6 is 34.2 Å². The second-order valence-electron chi connectivity index (χ2n) is 4.76. The summed E-state index contributed by atoms with van der Waals surface area (Å²) < 4.78 is 3.24. The fraction of sp³-hybridized carbons (Fsp3) is 0.400. The third-order valence-electron chi connectivity index (χ3n) is 3.45. The van der Waals surface area contributed by atoms with Crippen LogP contribution in [0.25, 0.3) is 0 Å². The monoisotopic (exact) mass is 403 g/mol. The van der Waals surface area contributed by atoms with Gasteiger partial charge in [-0.1, -0.05) is 23.7 Å². The fourth-order valence-corrected chi connectivity index (χ4v) is 3.15. The van der Waals surface area contributed by atoms with Crippen molar-refractivity contribution in [1.29, 1.82) is 0 Å². The van der Waals surface area contributed by atoms with Crippen LogP contribution in [-0.4, -0.2) is 16.8 Å². The normalized spacial score (nSPS) is 12.7. The number of hydrogen-bond donors (Lipinski definition) is 1. The zero-order chi connectivity index (χ0) is 14.7. The molecule has 0 saturated heterocycles. The molecule has 0 aliphatic rings. The van der Waals surface area contributed by atoms with Gasteiger partial charge in [-0.15, -0.1) is 0 Å². The molecule has 0 fully saturated rings. The van der Waals surface area contributed by atoms with Crippen LogP contribution < -0.4 is 5.32 Å². The lowest BCUT2D eigenvalue weighted by molar-refractivity contribution is 0.541. The maximum Gasteiger partial charge on any atom is 0.0847 e. The number of hydrogen-bond acceptors (Lipinski definition) is 2. The third-order valence-corrected chi connectivity index (χ3v) is 4.61. The highest BCUT2D eigenvalue weighted by atomic mass is 127. The summed E-state index contributed by atoms with van der Waals surface area (Å²) in [5.74, 6) is 0. The molecule has 20 heavy (non-hydrogen) atoms. The van der Waals surface area contributed by atoms with E-state index in [1.165, 1.54) is 9.13 Å². The van der Waals surface area contributed by atoms with Gasteiger partial charge in [0.2, 0.25) is 0 Å². The molecule has 1 aromatic carbocycles. The molecule has 1 aromatic heterocycles. The van der Waals surface area contributed by atoms with Gasteiger partial charge >= 0.3 is 0 Å². The minimum atomic E-state index is 0.239. The molecule has 0 radical (unpaired) electrons. The minimum absolute atomic E-state index is 0.239. The van der Waals surface area contributed by atoms with Crippen LogP contribution in [0.15, 0.2) is 24.3 Å². The minimum Gasteiger partial charge on any atom is -0.313 e. The fourth-order valence-electron chi connectivity index (χ4n) is 2.37. The van der Waals surface area contributed by atoms with Crippen molar-refractivity contribution in [2.75, 3.05) is 7.05 Å². The van der Waals surface area contributed by atoms with E-state index in [4.69, 9.17) is 11.6 Å². The van der Waals surface area contributed by atoms with E-state index in [0.717, 1.165) is 29.4 Å². The van der Waals surface area contributed by atoms with Crippen molar-refractivity contribution in [3.05, 3.63) is 49.8 Å². The summed E-state index contributed by atoms with van der Waals surface area (Å²) in [6, 6.07) is 8.78. The van der Waals surface area contributed by atoms with Gasteiger partial charge in [0.05, 0.1) is 16.4 Å². The first-order chi connectivity index (χ1) is 9.56. The number of nitrogens with zero attached hydrogens (tertiary/aromatic N) is 2. The lowest BCUT2D eigenvalue weighted by Crippen LogP contribution is -2.20. The Kier molecular flexibility index (Phi) is 5.46. The van der Waals surface area contributed by atoms with E-state index < -0.39 is 0 Å². The van der Waals surface area contributed by atoms with E-state index in [1.54, 1.807) is 0 Å². The second kappa shape index (κ2) is 6.91. The van der Waals surface area contributed by atoms with Crippen LogP contribution in [0.5, 0.6) is 0 Å². The largest absolute Gasteiger partial charge is 0.313 e. The zero-order valence-electron chi connectivity index (χ0n) is 12.0. The molecule has 0 aliphatic carbocycles. The molecule has 108 valence electrons. The van der Waals surface area contributed by atoms with Crippen LogP contribution in [-0.2, 0) is 13.0 Å². The molecule has 0 bridgehead atoms. The van der Waals surface area contributed by atoms with Crippen LogP contribution in [0.2, 0.25) is 5.02 Å². The Morgan fingerprint density at radius 1 is 1.45 bits per heavy atom. The summed E-state index contributed by atoms with van der Waals surface area (Å²) in [7, 11) is 1.98. The summed E-state index contributed by atoms with van der Waals surface area (Å²) in [5, 5.41) is 8.65. The highest BCUT2D eigenvalue weighted by Crippen LogP contribution is 2.26. The Hall–Kier alpha value is -0.590. The van der Waals surface area contributed by atoms with E-state index in [0.29, 0.717) is 0 Å². The quantitative estimate of drug-likeness (QED) is 0.766. The number of likely N-dealkylation sites (N-methyl/N-ethyl adjacent to an activating group) is 1. The predicted molar refractivity (Wildman–Crippen MR) is 92.3 cm³/mol. The van der Waals surface area contributed by atoms with Gasteiger partial charge in [-0.25, -0.2) is 0 Å². The molecule has 5 heteroatoms. The smallest absolute Gasteiger partial charge is 0.0847 e. The summed E-state index contributed by atoms with van der Waals surface area (Å²) in [6.07, 6.45) is 0.837. The summed E-state index contributed by atoms with van der Waals surface area (Å²) in [6.45, 7) is 4.88. The van der Waals surface area contributed by atoms with Crippen LogP contribution in [0, 0.1) is 10.5 Å². The summed E-state index contributed by atoms with van der Waals surface area (Å²) >= 11 is 8.74. The van der Waals surface area contributed by atoms with E-state index in [-0.39, 0.29) is 6.04 Å². The Labute approximate surface area is 138 Å². The van der Waals surface area contributed by atoms with Crippen molar-refractivity contribution in [2.24, 2.45) is 0 Å². The van der Waals surface area contributed by atoms with Gasteiger partial charge in [-0.05, 0) is 61.2 Å². The Balaban J connectivity index is 2.31. The molecule has 1 atom stereocenters. The van der Waals surface area contributed by atoms with Crippen LogP contribution in [0.4, 0.5) is 0 Å². The number of aromatic nitrogens is 2. The molecule has 0 aliphatic heterocycles. The first-order valence-electron chi connectivity index (χ1n) is 6.71. The molecule has 1 N–H and O–H groups in total. The highest BCUT2D eigenvalue weighted by Gasteiger charge is 2.18. The number of aryl methyl sites for hydroxylation is 2. The lowest BCUT2D eigenvalue weighted by Gasteiger charge is -2.18. The maximum atomic E-state index is 6.40. The molecular formula is C15H19ClIN3. The van der Waals surface area contributed by atoms with E-state index in [1.807, 2.05) is 18.7 Å². The van der Waals surface area contributed by atoms with Crippen molar-refractivity contribution < 1.29 is 0 Å². The van der Waals surface area contributed by atoms with E-state index in [2.05, 4.69) is 64.2 Å². The highest BCUT2D eigenvalue weighted by molar-refractivity contribution is 14.1. The molecule has 0 saturated carbocycles. The lowest BCUT2D eigenvalue weighted by atomic mass is 10.0. The topological polar surface area (TPSA) is 29.9 Å². The van der Waals surface area contributed by atoms with Crippen molar-refractivity contribution in [3.8, 4) is 0 Å². The van der Waals surface area contributed by atoms with Gasteiger partial charge < -0.3 is 5.32 Å². The molecule has 2 rings (SSSR count). The molecule has 1 heterocycles. The Morgan fingerprint density at radius 2 is 2.20 bits per heavy atom. The van der Waals surface area contributed by atoms with Gasteiger partial charge in [0.15, 0.2) is 0 Å². The first kappa shape index (κ1) is 15.8. The van der Waals surface area contributed by atoms with Gasteiger partial charge in [0.1, 0.15) is 0 Å². The molecular weight excluding hydrogens is 385 g/mol. The second-order valence-corrected chi connectivity index (χ2v) is 6.39. The SMILES string of the molecule is CCn1nc(C)c(Cl)c1CC(NC)c1cccc(I)c1. The zero-order valence-corrected chi connectivity index (χ0v) is 14.9. The average Bonchev–Trinajstić information content (AvgIpc) is 2.71. The summed E-state index contributed by atoms with van der Waals surface area (Å²) in [4.78, 5) is 0. The first-order valence-corrected chi connectivity index (χ1v) is 8.17. The summed E-state index contributed by atoms with van der Waals surface area (Å²) in [5.41, 5.74) is 3.28. The molecule has 1 unspecified atom stereocenters. The number of nitrogens with one attached hydrogen (secondary N) is 1. The molecule has 2 aromatic rings. The van der Waals surface area contributed by atoms with Gasteiger partial charge in [0, 0.05) is 22.6 Å². The third kappa shape index (κ3) is 3.35.